The molecule has 1 atom stereocenters. The summed E-state index contributed by atoms with van der Waals surface area (Å²) in [6.45, 7) is 3.71. The lowest BCUT2D eigenvalue weighted by Gasteiger charge is -2.30. The molecular formula is C17H23ClN2O3. The molecule has 1 amide bonds. The van der Waals surface area contributed by atoms with Crippen molar-refractivity contribution >= 4 is 23.5 Å². The van der Waals surface area contributed by atoms with Crippen LogP contribution >= 0.6 is 11.6 Å². The van der Waals surface area contributed by atoms with Gasteiger partial charge < -0.3 is 10.1 Å². The van der Waals surface area contributed by atoms with Gasteiger partial charge in [0.05, 0.1) is 25.6 Å². The number of esters is 1. The zero-order valence-corrected chi connectivity index (χ0v) is 14.3. The third kappa shape index (κ3) is 4.94. The highest BCUT2D eigenvalue weighted by Crippen LogP contribution is 2.22. The van der Waals surface area contributed by atoms with E-state index in [1.54, 1.807) is 0 Å². The molecule has 0 bridgehead atoms. The van der Waals surface area contributed by atoms with Gasteiger partial charge in [-0.1, -0.05) is 29.8 Å². The molecule has 5 nitrogen and oxygen atoms in total. The van der Waals surface area contributed by atoms with E-state index in [1.165, 1.54) is 7.11 Å². The van der Waals surface area contributed by atoms with E-state index in [0.29, 0.717) is 11.6 Å². The SMILES string of the molecule is COC(=O)C1CCN(CC(=O)N[C@@H](C)c2ccccc2Cl)CC1. The number of halogens is 1. The first-order valence-corrected chi connectivity index (χ1v) is 8.23. The Morgan fingerprint density at radius 1 is 1.35 bits per heavy atom. The van der Waals surface area contributed by atoms with Crippen molar-refractivity contribution in [2.75, 3.05) is 26.7 Å². The molecule has 23 heavy (non-hydrogen) atoms. The van der Waals surface area contributed by atoms with Crippen molar-refractivity contribution in [3.8, 4) is 0 Å². The Balaban J connectivity index is 1.80. The van der Waals surface area contributed by atoms with Gasteiger partial charge in [0, 0.05) is 5.02 Å². The molecule has 1 heterocycles. The molecule has 0 unspecified atom stereocenters. The van der Waals surface area contributed by atoms with Gasteiger partial charge in [-0.05, 0) is 44.5 Å². The van der Waals surface area contributed by atoms with Gasteiger partial charge in [-0.3, -0.25) is 14.5 Å². The summed E-state index contributed by atoms with van der Waals surface area (Å²) in [7, 11) is 1.41. The molecule has 6 heteroatoms. The first kappa shape index (κ1) is 17.8. The summed E-state index contributed by atoms with van der Waals surface area (Å²) in [6.07, 6.45) is 1.47. The molecule has 0 aromatic heterocycles. The highest BCUT2D eigenvalue weighted by molar-refractivity contribution is 6.31. The number of benzene rings is 1. The van der Waals surface area contributed by atoms with Crippen LogP contribution in [0.25, 0.3) is 0 Å². The van der Waals surface area contributed by atoms with Crippen LogP contribution in [0.5, 0.6) is 0 Å². The molecule has 1 saturated heterocycles. The Hall–Kier alpha value is -1.59. The number of ether oxygens (including phenoxy) is 1. The van der Waals surface area contributed by atoms with E-state index in [4.69, 9.17) is 16.3 Å². The number of carbonyl (C=O) groups excluding carboxylic acids is 2. The van der Waals surface area contributed by atoms with Crippen LogP contribution in [0.3, 0.4) is 0 Å². The van der Waals surface area contributed by atoms with Crippen molar-refractivity contribution in [3.63, 3.8) is 0 Å². The van der Waals surface area contributed by atoms with Crippen molar-refractivity contribution in [2.45, 2.75) is 25.8 Å². The van der Waals surface area contributed by atoms with Gasteiger partial charge in [0.25, 0.3) is 0 Å². The Morgan fingerprint density at radius 3 is 2.61 bits per heavy atom. The van der Waals surface area contributed by atoms with Gasteiger partial charge in [-0.25, -0.2) is 0 Å². The molecule has 1 N–H and O–H groups in total. The van der Waals surface area contributed by atoms with E-state index < -0.39 is 0 Å². The van der Waals surface area contributed by atoms with Gasteiger partial charge in [0.1, 0.15) is 0 Å². The van der Waals surface area contributed by atoms with E-state index in [9.17, 15) is 9.59 Å². The maximum Gasteiger partial charge on any atom is 0.308 e. The third-order valence-corrected chi connectivity index (χ3v) is 4.58. The Labute approximate surface area is 141 Å². The standard InChI is InChI=1S/C17H23ClN2O3/c1-12(14-5-3-4-6-15(14)18)19-16(21)11-20-9-7-13(8-10-20)17(22)23-2/h3-6,12-13H,7-11H2,1-2H3,(H,19,21)/t12-/m0/s1. The molecular weight excluding hydrogens is 316 g/mol. The zero-order chi connectivity index (χ0) is 16.8. The van der Waals surface area contributed by atoms with E-state index in [2.05, 4.69) is 10.2 Å². The summed E-state index contributed by atoms with van der Waals surface area (Å²) in [6, 6.07) is 7.36. The average molecular weight is 339 g/mol. The normalized spacial score (nSPS) is 17.5. The maximum atomic E-state index is 12.2. The molecule has 2 rings (SSSR count). The molecule has 1 aromatic carbocycles. The van der Waals surface area contributed by atoms with Gasteiger partial charge in [-0.15, -0.1) is 0 Å². The monoisotopic (exact) mass is 338 g/mol. The summed E-state index contributed by atoms with van der Waals surface area (Å²) in [5, 5.41) is 3.62. The summed E-state index contributed by atoms with van der Waals surface area (Å²) in [5.41, 5.74) is 0.909. The minimum Gasteiger partial charge on any atom is -0.469 e. The average Bonchev–Trinajstić information content (AvgIpc) is 2.55. The van der Waals surface area contributed by atoms with Gasteiger partial charge in [0.2, 0.25) is 5.91 Å². The molecule has 0 saturated carbocycles. The molecule has 0 radical (unpaired) electrons. The van der Waals surface area contributed by atoms with Crippen LogP contribution in [0.4, 0.5) is 0 Å². The van der Waals surface area contributed by atoms with Crippen molar-refractivity contribution in [2.24, 2.45) is 5.92 Å². The second kappa shape index (κ2) is 8.31. The van der Waals surface area contributed by atoms with E-state index in [-0.39, 0.29) is 23.8 Å². The number of likely N-dealkylation sites (tertiary alicyclic amines) is 1. The highest BCUT2D eigenvalue weighted by Gasteiger charge is 2.26. The number of carbonyl (C=O) groups is 2. The van der Waals surface area contributed by atoms with Crippen LogP contribution in [0.1, 0.15) is 31.4 Å². The number of amides is 1. The number of rotatable bonds is 5. The lowest BCUT2D eigenvalue weighted by atomic mass is 9.97. The van der Waals surface area contributed by atoms with Crippen LogP contribution in [0, 0.1) is 5.92 Å². The lowest BCUT2D eigenvalue weighted by molar-refractivity contribution is -0.147. The molecule has 1 aromatic rings. The highest BCUT2D eigenvalue weighted by atomic mass is 35.5. The molecule has 0 spiro atoms. The predicted octanol–water partition coefficient (Wildman–Crippen LogP) is 2.40. The second-order valence-electron chi connectivity index (χ2n) is 5.88. The van der Waals surface area contributed by atoms with Crippen molar-refractivity contribution in [1.82, 2.24) is 10.2 Å². The fourth-order valence-corrected chi connectivity index (χ4v) is 3.19. The zero-order valence-electron chi connectivity index (χ0n) is 13.5. The van der Waals surface area contributed by atoms with Crippen molar-refractivity contribution in [3.05, 3.63) is 34.9 Å². The van der Waals surface area contributed by atoms with E-state index >= 15 is 0 Å². The van der Waals surface area contributed by atoms with Crippen molar-refractivity contribution < 1.29 is 14.3 Å². The van der Waals surface area contributed by atoms with Gasteiger partial charge in [-0.2, -0.15) is 0 Å². The number of nitrogens with zero attached hydrogens (tertiary/aromatic N) is 1. The third-order valence-electron chi connectivity index (χ3n) is 4.24. The topological polar surface area (TPSA) is 58.6 Å². The Kier molecular flexibility index (Phi) is 6.42. The predicted molar refractivity (Wildman–Crippen MR) is 89.2 cm³/mol. The van der Waals surface area contributed by atoms with E-state index in [1.807, 2.05) is 31.2 Å². The largest absolute Gasteiger partial charge is 0.469 e. The Morgan fingerprint density at radius 2 is 2.00 bits per heavy atom. The van der Waals surface area contributed by atoms with Crippen LogP contribution in [-0.2, 0) is 14.3 Å². The van der Waals surface area contributed by atoms with Gasteiger partial charge in [0.15, 0.2) is 0 Å². The number of piperidine rings is 1. The molecule has 1 fully saturated rings. The van der Waals surface area contributed by atoms with Crippen LogP contribution < -0.4 is 5.32 Å². The minimum absolute atomic E-state index is 0.0334. The Bertz CT molecular complexity index is 557. The molecule has 1 aliphatic heterocycles. The molecule has 0 aliphatic carbocycles. The fourth-order valence-electron chi connectivity index (χ4n) is 2.89. The summed E-state index contributed by atoms with van der Waals surface area (Å²) in [5.74, 6) is -0.225. The number of hydrogen-bond donors (Lipinski definition) is 1. The molecule has 1 aliphatic rings. The van der Waals surface area contributed by atoms with E-state index in [0.717, 1.165) is 31.5 Å². The summed E-state index contributed by atoms with van der Waals surface area (Å²) in [4.78, 5) is 25.8. The smallest absolute Gasteiger partial charge is 0.308 e. The second-order valence-corrected chi connectivity index (χ2v) is 6.29. The summed E-state index contributed by atoms with van der Waals surface area (Å²) >= 11 is 6.15. The quantitative estimate of drug-likeness (QED) is 0.838. The summed E-state index contributed by atoms with van der Waals surface area (Å²) < 4.78 is 4.77. The maximum absolute atomic E-state index is 12.2. The number of nitrogens with one attached hydrogen (secondary N) is 1. The molecule has 126 valence electrons. The number of hydrogen-bond acceptors (Lipinski definition) is 4. The van der Waals surface area contributed by atoms with Gasteiger partial charge >= 0.3 is 5.97 Å². The van der Waals surface area contributed by atoms with Crippen molar-refractivity contribution in [1.29, 1.82) is 0 Å². The fraction of sp³-hybridized carbons (Fsp3) is 0.529. The van der Waals surface area contributed by atoms with Crippen LogP contribution in [0.2, 0.25) is 5.02 Å². The first-order chi connectivity index (χ1) is 11.0. The number of methoxy groups -OCH3 is 1. The first-order valence-electron chi connectivity index (χ1n) is 7.85. The minimum atomic E-state index is -0.151. The van der Waals surface area contributed by atoms with Crippen LogP contribution in [-0.4, -0.2) is 43.5 Å². The lowest BCUT2D eigenvalue weighted by Crippen LogP contribution is -2.43. The van der Waals surface area contributed by atoms with Crippen LogP contribution in [0.15, 0.2) is 24.3 Å².